The van der Waals surface area contributed by atoms with E-state index < -0.39 is 0 Å². The molecule has 1 heterocycles. The van der Waals surface area contributed by atoms with Crippen LogP contribution < -0.4 is 0 Å². The van der Waals surface area contributed by atoms with E-state index in [1.807, 2.05) is 0 Å². The Balaban J connectivity index is 2.48. The first-order chi connectivity index (χ1) is 5.74. The lowest BCUT2D eigenvalue weighted by Gasteiger charge is -2.23. The highest BCUT2D eigenvalue weighted by Crippen LogP contribution is 2.04. The maximum Gasteiger partial charge on any atom is 0.298 e. The Morgan fingerprint density at radius 3 is 2.50 bits per heavy atom. The smallest absolute Gasteiger partial charge is 0.298 e. The van der Waals surface area contributed by atoms with Crippen molar-refractivity contribution in [2.45, 2.75) is 19.8 Å². The minimum Gasteiger partial charge on any atom is -0.331 e. The molecule has 0 aromatic rings. The van der Waals surface area contributed by atoms with E-state index in [4.69, 9.17) is 0 Å². The van der Waals surface area contributed by atoms with Gasteiger partial charge in [-0.15, -0.1) is 0 Å². The van der Waals surface area contributed by atoms with E-state index in [9.17, 15) is 9.59 Å². The van der Waals surface area contributed by atoms with Gasteiger partial charge in [-0.1, -0.05) is 5.92 Å². The Hall–Kier alpha value is -1.30. The second kappa shape index (κ2) is 3.91. The summed E-state index contributed by atoms with van der Waals surface area (Å²) in [6.45, 7) is 2.70. The number of carbonyl (C=O) groups excluding carboxylic acids is 2. The van der Waals surface area contributed by atoms with Crippen LogP contribution in [-0.4, -0.2) is 29.7 Å². The Labute approximate surface area is 71.7 Å². The number of rotatable bonds is 0. The van der Waals surface area contributed by atoms with Gasteiger partial charge in [0.1, 0.15) is 5.78 Å². The molecule has 1 aliphatic rings. The van der Waals surface area contributed by atoms with E-state index in [-0.39, 0.29) is 11.7 Å². The zero-order valence-corrected chi connectivity index (χ0v) is 7.09. The highest BCUT2D eigenvalue weighted by molar-refractivity contribution is 5.94. The molecule has 1 rings (SSSR count). The SMILES string of the molecule is CC#CC(=O)N1CCC(=O)CC1. The van der Waals surface area contributed by atoms with Crippen LogP contribution in [0.25, 0.3) is 0 Å². The molecule has 12 heavy (non-hydrogen) atoms. The minimum atomic E-state index is -0.162. The topological polar surface area (TPSA) is 37.4 Å². The molecule has 1 aliphatic heterocycles. The third kappa shape index (κ3) is 2.09. The van der Waals surface area contributed by atoms with E-state index in [1.165, 1.54) is 0 Å². The van der Waals surface area contributed by atoms with Gasteiger partial charge in [0.25, 0.3) is 5.91 Å². The van der Waals surface area contributed by atoms with Crippen LogP contribution in [0.15, 0.2) is 0 Å². The molecule has 0 aromatic carbocycles. The average molecular weight is 165 g/mol. The van der Waals surface area contributed by atoms with Gasteiger partial charge in [-0.05, 0) is 12.8 Å². The van der Waals surface area contributed by atoms with Crippen LogP contribution in [0.4, 0.5) is 0 Å². The van der Waals surface area contributed by atoms with Crippen LogP contribution in [0.3, 0.4) is 0 Å². The third-order valence-corrected chi connectivity index (χ3v) is 1.84. The zero-order valence-electron chi connectivity index (χ0n) is 7.09. The molecule has 3 heteroatoms. The summed E-state index contributed by atoms with van der Waals surface area (Å²) in [5.41, 5.74) is 0. The summed E-state index contributed by atoms with van der Waals surface area (Å²) in [5.74, 6) is 5.08. The first kappa shape index (κ1) is 8.79. The van der Waals surface area contributed by atoms with Crippen molar-refractivity contribution < 1.29 is 9.59 Å². The highest BCUT2D eigenvalue weighted by Gasteiger charge is 2.18. The summed E-state index contributed by atoms with van der Waals surface area (Å²) in [5, 5.41) is 0. The molecule has 0 unspecified atom stereocenters. The monoisotopic (exact) mass is 165 g/mol. The van der Waals surface area contributed by atoms with Gasteiger partial charge in [0.2, 0.25) is 0 Å². The molecule has 0 N–H and O–H groups in total. The van der Waals surface area contributed by atoms with Crippen LogP contribution in [0.1, 0.15) is 19.8 Å². The van der Waals surface area contributed by atoms with Crippen LogP contribution in [-0.2, 0) is 9.59 Å². The maximum atomic E-state index is 11.1. The fourth-order valence-electron chi connectivity index (χ4n) is 1.15. The molecule has 0 spiro atoms. The van der Waals surface area contributed by atoms with Gasteiger partial charge in [-0.2, -0.15) is 0 Å². The number of Topliss-reactive ketones (excluding diaryl/α,β-unsaturated/α-hetero) is 1. The first-order valence-electron chi connectivity index (χ1n) is 3.97. The highest BCUT2D eigenvalue weighted by atomic mass is 16.2. The van der Waals surface area contributed by atoms with E-state index in [0.717, 1.165) is 0 Å². The molecule has 0 atom stereocenters. The van der Waals surface area contributed by atoms with E-state index >= 15 is 0 Å². The second-order valence-corrected chi connectivity index (χ2v) is 2.71. The standard InChI is InChI=1S/C9H11NO2/c1-2-3-9(12)10-6-4-8(11)5-7-10/h4-7H2,1H3. The van der Waals surface area contributed by atoms with Crippen LogP contribution in [0.2, 0.25) is 0 Å². The summed E-state index contributed by atoms with van der Waals surface area (Å²) >= 11 is 0. The molecule has 1 saturated heterocycles. The molecule has 0 aromatic heterocycles. The fraction of sp³-hybridized carbons (Fsp3) is 0.556. The predicted molar refractivity (Wildman–Crippen MR) is 44.3 cm³/mol. The number of piperidine rings is 1. The first-order valence-corrected chi connectivity index (χ1v) is 3.97. The lowest BCUT2D eigenvalue weighted by Crippen LogP contribution is -2.37. The summed E-state index contributed by atoms with van der Waals surface area (Å²) in [4.78, 5) is 23.6. The molecule has 3 nitrogen and oxygen atoms in total. The van der Waals surface area contributed by atoms with Crippen LogP contribution >= 0.6 is 0 Å². The minimum absolute atomic E-state index is 0.162. The number of hydrogen-bond donors (Lipinski definition) is 0. The van der Waals surface area contributed by atoms with Crippen molar-refractivity contribution in [1.82, 2.24) is 4.90 Å². The maximum absolute atomic E-state index is 11.1. The Morgan fingerprint density at radius 2 is 2.00 bits per heavy atom. The van der Waals surface area contributed by atoms with Gasteiger partial charge >= 0.3 is 0 Å². The molecule has 1 fully saturated rings. The number of hydrogen-bond acceptors (Lipinski definition) is 2. The molecule has 0 aliphatic carbocycles. The molecular weight excluding hydrogens is 154 g/mol. The average Bonchev–Trinajstić information content (AvgIpc) is 2.06. The van der Waals surface area contributed by atoms with E-state index in [2.05, 4.69) is 11.8 Å². The predicted octanol–water partition coefficient (Wildman–Crippen LogP) is 0.201. The number of carbonyl (C=O) groups is 2. The Morgan fingerprint density at radius 1 is 1.42 bits per heavy atom. The summed E-state index contributed by atoms with van der Waals surface area (Å²) < 4.78 is 0. The molecule has 0 bridgehead atoms. The molecule has 0 saturated carbocycles. The molecular formula is C9H11NO2. The van der Waals surface area contributed by atoms with Gasteiger partial charge in [0, 0.05) is 25.9 Å². The van der Waals surface area contributed by atoms with Gasteiger partial charge in [-0.3, -0.25) is 9.59 Å². The zero-order chi connectivity index (χ0) is 8.97. The fourth-order valence-corrected chi connectivity index (χ4v) is 1.15. The van der Waals surface area contributed by atoms with Crippen molar-refractivity contribution in [2.75, 3.05) is 13.1 Å². The van der Waals surface area contributed by atoms with E-state index in [1.54, 1.807) is 11.8 Å². The van der Waals surface area contributed by atoms with Gasteiger partial charge < -0.3 is 4.90 Å². The quantitative estimate of drug-likeness (QED) is 0.481. The Bertz CT molecular complexity index is 249. The summed E-state index contributed by atoms with van der Waals surface area (Å²) in [6, 6.07) is 0. The van der Waals surface area contributed by atoms with Crippen molar-refractivity contribution in [3.05, 3.63) is 0 Å². The van der Waals surface area contributed by atoms with Gasteiger partial charge in [0.15, 0.2) is 0 Å². The van der Waals surface area contributed by atoms with E-state index in [0.29, 0.717) is 25.9 Å². The number of amides is 1. The number of likely N-dealkylation sites (tertiary alicyclic amines) is 1. The van der Waals surface area contributed by atoms with Crippen molar-refractivity contribution >= 4 is 11.7 Å². The van der Waals surface area contributed by atoms with Gasteiger partial charge in [-0.25, -0.2) is 0 Å². The largest absolute Gasteiger partial charge is 0.331 e. The lowest BCUT2D eigenvalue weighted by molar-refractivity contribution is -0.129. The normalized spacial score (nSPS) is 16.8. The Kier molecular flexibility index (Phi) is 2.87. The van der Waals surface area contributed by atoms with Crippen molar-refractivity contribution in [3.8, 4) is 11.8 Å². The molecule has 1 amide bonds. The van der Waals surface area contributed by atoms with Crippen molar-refractivity contribution in [1.29, 1.82) is 0 Å². The lowest BCUT2D eigenvalue weighted by atomic mass is 10.1. The number of ketones is 1. The van der Waals surface area contributed by atoms with Crippen LogP contribution in [0.5, 0.6) is 0 Å². The van der Waals surface area contributed by atoms with Gasteiger partial charge in [0.05, 0.1) is 0 Å². The summed E-state index contributed by atoms with van der Waals surface area (Å²) in [6.07, 6.45) is 0.967. The number of nitrogens with zero attached hydrogens (tertiary/aromatic N) is 1. The third-order valence-electron chi connectivity index (χ3n) is 1.84. The molecule has 0 radical (unpaired) electrons. The van der Waals surface area contributed by atoms with Crippen molar-refractivity contribution in [3.63, 3.8) is 0 Å². The summed E-state index contributed by atoms with van der Waals surface area (Å²) in [7, 11) is 0. The molecule has 64 valence electrons. The van der Waals surface area contributed by atoms with Crippen molar-refractivity contribution in [2.24, 2.45) is 0 Å². The second-order valence-electron chi connectivity index (χ2n) is 2.71. The van der Waals surface area contributed by atoms with Crippen LogP contribution in [0, 0.1) is 11.8 Å².